The summed E-state index contributed by atoms with van der Waals surface area (Å²) in [6, 6.07) is 15.4. The molecule has 0 unspecified atom stereocenters. The topological polar surface area (TPSA) is 58.6 Å². The quantitative estimate of drug-likeness (QED) is 0.378. The Morgan fingerprint density at radius 3 is 2.58 bits per heavy atom. The van der Waals surface area contributed by atoms with Crippen molar-refractivity contribution in [2.75, 3.05) is 19.4 Å². The molecule has 0 aromatic heterocycles. The number of nitrogens with one attached hydrogen (secondary N) is 1. The van der Waals surface area contributed by atoms with Gasteiger partial charge in [0.25, 0.3) is 0 Å². The summed E-state index contributed by atoms with van der Waals surface area (Å²) in [5.41, 5.74) is 2.15. The highest BCUT2D eigenvalue weighted by atomic mass is 32.2. The second kappa shape index (κ2) is 13.1. The third kappa shape index (κ3) is 8.29. The van der Waals surface area contributed by atoms with E-state index < -0.39 is 6.04 Å². The van der Waals surface area contributed by atoms with Crippen LogP contribution in [-0.4, -0.2) is 42.2 Å². The molecule has 2 amide bonds. The molecule has 2 rings (SSSR count). The fourth-order valence-electron chi connectivity index (χ4n) is 3.12. The summed E-state index contributed by atoms with van der Waals surface area (Å²) in [6.07, 6.45) is 2.31. The maximum Gasteiger partial charge on any atom is 0.242 e. The zero-order chi connectivity index (χ0) is 22.6. The van der Waals surface area contributed by atoms with E-state index in [4.69, 9.17) is 4.74 Å². The Bertz CT molecular complexity index is 839. The van der Waals surface area contributed by atoms with Gasteiger partial charge in [-0.3, -0.25) is 9.59 Å². The maximum atomic E-state index is 13.1. The van der Waals surface area contributed by atoms with Crippen molar-refractivity contribution in [1.82, 2.24) is 10.2 Å². The molecule has 2 aromatic rings. The van der Waals surface area contributed by atoms with Crippen molar-refractivity contribution in [2.45, 2.75) is 57.5 Å². The minimum absolute atomic E-state index is 0.0272. The largest absolute Gasteiger partial charge is 0.497 e. The fourth-order valence-corrected chi connectivity index (χ4v) is 3.96. The average Bonchev–Trinajstić information content (AvgIpc) is 2.78. The molecule has 0 bridgehead atoms. The van der Waals surface area contributed by atoms with Gasteiger partial charge in [-0.25, -0.2) is 0 Å². The molecular formula is C25H34N2O3S. The smallest absolute Gasteiger partial charge is 0.242 e. The minimum Gasteiger partial charge on any atom is -0.497 e. The van der Waals surface area contributed by atoms with Crippen molar-refractivity contribution in [3.05, 3.63) is 59.7 Å². The Kier molecular flexibility index (Phi) is 10.4. The van der Waals surface area contributed by atoms with Crippen molar-refractivity contribution in [1.29, 1.82) is 0 Å². The third-order valence-electron chi connectivity index (χ3n) is 5.09. The van der Waals surface area contributed by atoms with Gasteiger partial charge in [-0.2, -0.15) is 0 Å². The molecule has 0 fully saturated rings. The van der Waals surface area contributed by atoms with Gasteiger partial charge in [0.05, 0.1) is 7.11 Å². The molecule has 0 aliphatic rings. The van der Waals surface area contributed by atoms with Crippen LogP contribution in [0.15, 0.2) is 53.4 Å². The predicted molar refractivity (Wildman–Crippen MR) is 127 cm³/mol. The van der Waals surface area contributed by atoms with Gasteiger partial charge >= 0.3 is 0 Å². The van der Waals surface area contributed by atoms with E-state index in [9.17, 15) is 9.59 Å². The minimum atomic E-state index is -0.542. The Morgan fingerprint density at radius 2 is 1.90 bits per heavy atom. The summed E-state index contributed by atoms with van der Waals surface area (Å²) in [5, 5.41) is 2.95. The van der Waals surface area contributed by atoms with E-state index in [0.717, 1.165) is 29.1 Å². The maximum absolute atomic E-state index is 13.1. The van der Waals surface area contributed by atoms with E-state index in [0.29, 0.717) is 25.3 Å². The lowest BCUT2D eigenvalue weighted by molar-refractivity contribution is -0.140. The van der Waals surface area contributed by atoms with Crippen LogP contribution in [0.1, 0.15) is 44.2 Å². The van der Waals surface area contributed by atoms with Crippen LogP contribution < -0.4 is 10.1 Å². The number of carbonyl (C=O) groups is 2. The molecule has 31 heavy (non-hydrogen) atoms. The zero-order valence-corrected chi connectivity index (χ0v) is 19.8. The summed E-state index contributed by atoms with van der Waals surface area (Å²) in [7, 11) is 1.62. The van der Waals surface area contributed by atoms with Gasteiger partial charge in [0.15, 0.2) is 0 Å². The molecule has 0 aliphatic heterocycles. The van der Waals surface area contributed by atoms with E-state index in [2.05, 4.69) is 43.4 Å². The van der Waals surface area contributed by atoms with Gasteiger partial charge in [-0.15, -0.1) is 11.8 Å². The number of amides is 2. The zero-order valence-electron chi connectivity index (χ0n) is 19.0. The molecule has 0 saturated heterocycles. The van der Waals surface area contributed by atoms with Gasteiger partial charge in [0.2, 0.25) is 11.8 Å². The molecule has 6 heteroatoms. The lowest BCUT2D eigenvalue weighted by Crippen LogP contribution is -2.47. The number of benzene rings is 2. The van der Waals surface area contributed by atoms with Crippen LogP contribution in [0.5, 0.6) is 5.75 Å². The number of carbonyl (C=O) groups excluding carboxylic acids is 2. The SMILES string of the molecule is CCCCNC(=O)[C@H](C)N(Cc1cccc(OC)c1)C(=O)CCSc1ccc(C)cc1. The molecule has 5 nitrogen and oxygen atoms in total. The van der Waals surface area contributed by atoms with E-state index in [1.165, 1.54) is 5.56 Å². The van der Waals surface area contributed by atoms with Crippen LogP contribution >= 0.6 is 11.8 Å². The number of methoxy groups -OCH3 is 1. The van der Waals surface area contributed by atoms with Crippen molar-refractivity contribution in [3.63, 3.8) is 0 Å². The highest BCUT2D eigenvalue weighted by Gasteiger charge is 2.25. The highest BCUT2D eigenvalue weighted by Crippen LogP contribution is 2.21. The number of unbranched alkanes of at least 4 members (excludes halogenated alkanes) is 1. The molecule has 168 valence electrons. The summed E-state index contributed by atoms with van der Waals surface area (Å²) in [5.74, 6) is 1.26. The lowest BCUT2D eigenvalue weighted by atomic mass is 10.1. The summed E-state index contributed by atoms with van der Waals surface area (Å²) in [6.45, 7) is 6.94. The van der Waals surface area contributed by atoms with Crippen molar-refractivity contribution in [2.24, 2.45) is 0 Å². The van der Waals surface area contributed by atoms with Crippen LogP contribution in [0.25, 0.3) is 0 Å². The van der Waals surface area contributed by atoms with Gasteiger partial charge in [0, 0.05) is 30.2 Å². The molecule has 0 saturated carbocycles. The lowest BCUT2D eigenvalue weighted by Gasteiger charge is -2.29. The predicted octanol–water partition coefficient (Wildman–Crippen LogP) is 4.82. The normalized spacial score (nSPS) is 11.6. The van der Waals surface area contributed by atoms with Crippen LogP contribution in [0.2, 0.25) is 0 Å². The van der Waals surface area contributed by atoms with Crippen LogP contribution in [0.4, 0.5) is 0 Å². The fraction of sp³-hybridized carbons (Fsp3) is 0.440. The number of ether oxygens (including phenoxy) is 1. The summed E-state index contributed by atoms with van der Waals surface area (Å²) >= 11 is 1.66. The average molecular weight is 443 g/mol. The first kappa shape index (κ1) is 24.8. The second-order valence-corrected chi connectivity index (χ2v) is 8.77. The first-order valence-corrected chi connectivity index (χ1v) is 11.8. The molecule has 0 heterocycles. The van der Waals surface area contributed by atoms with Crippen molar-refractivity contribution >= 4 is 23.6 Å². The van der Waals surface area contributed by atoms with Crippen molar-refractivity contribution in [3.8, 4) is 5.75 Å². The second-order valence-electron chi connectivity index (χ2n) is 7.61. The molecule has 1 atom stereocenters. The van der Waals surface area contributed by atoms with Gasteiger partial charge in [-0.1, -0.05) is 43.2 Å². The van der Waals surface area contributed by atoms with E-state index in [1.807, 2.05) is 24.3 Å². The molecule has 0 radical (unpaired) electrons. The molecular weight excluding hydrogens is 408 g/mol. The first-order valence-electron chi connectivity index (χ1n) is 10.8. The third-order valence-corrected chi connectivity index (χ3v) is 6.10. The Morgan fingerprint density at radius 1 is 1.16 bits per heavy atom. The van der Waals surface area contributed by atoms with Crippen LogP contribution in [0, 0.1) is 6.92 Å². The van der Waals surface area contributed by atoms with Crippen molar-refractivity contribution < 1.29 is 14.3 Å². The number of hydrogen-bond donors (Lipinski definition) is 1. The van der Waals surface area contributed by atoms with E-state index in [1.54, 1.807) is 30.7 Å². The highest BCUT2D eigenvalue weighted by molar-refractivity contribution is 7.99. The Balaban J connectivity index is 2.06. The van der Waals surface area contributed by atoms with E-state index >= 15 is 0 Å². The van der Waals surface area contributed by atoms with Crippen LogP contribution in [0.3, 0.4) is 0 Å². The Labute approximate surface area is 190 Å². The number of hydrogen-bond acceptors (Lipinski definition) is 4. The van der Waals surface area contributed by atoms with Gasteiger partial charge in [0.1, 0.15) is 11.8 Å². The Hall–Kier alpha value is -2.47. The van der Waals surface area contributed by atoms with Crippen LogP contribution in [-0.2, 0) is 16.1 Å². The first-order chi connectivity index (χ1) is 14.9. The van der Waals surface area contributed by atoms with Gasteiger partial charge < -0.3 is 15.0 Å². The van der Waals surface area contributed by atoms with Gasteiger partial charge in [-0.05, 0) is 50.1 Å². The summed E-state index contributed by atoms with van der Waals surface area (Å²) < 4.78 is 5.31. The number of nitrogens with zero attached hydrogens (tertiary/aromatic N) is 1. The monoisotopic (exact) mass is 442 g/mol. The molecule has 0 spiro atoms. The molecule has 1 N–H and O–H groups in total. The standard InChI is InChI=1S/C25H34N2O3S/c1-5-6-15-26-25(29)20(3)27(18-21-8-7-9-22(17-21)30-4)24(28)14-16-31-23-12-10-19(2)11-13-23/h7-13,17,20H,5-6,14-16,18H2,1-4H3,(H,26,29)/t20-/m0/s1. The van der Waals surface area contributed by atoms with E-state index in [-0.39, 0.29) is 11.8 Å². The number of aryl methyl sites for hydroxylation is 1. The summed E-state index contributed by atoms with van der Waals surface area (Å²) in [4.78, 5) is 28.6. The number of thioether (sulfide) groups is 1. The number of rotatable bonds is 12. The molecule has 0 aliphatic carbocycles. The molecule has 2 aromatic carbocycles.